The van der Waals surface area contributed by atoms with E-state index in [2.05, 4.69) is 58.9 Å². The molecule has 1 unspecified atom stereocenters. The quantitative estimate of drug-likeness (QED) is 0.460. The minimum absolute atomic E-state index is 0.416. The monoisotopic (exact) mass is 274 g/mol. The van der Waals surface area contributed by atoms with E-state index in [-0.39, 0.29) is 0 Å². The molecule has 1 aromatic rings. The Balaban J connectivity index is 2.55. The van der Waals surface area contributed by atoms with Crippen molar-refractivity contribution in [3.63, 3.8) is 0 Å². The Morgan fingerprint density at radius 3 is 2.05 bits per heavy atom. The van der Waals surface area contributed by atoms with Gasteiger partial charge in [0.1, 0.15) is 0 Å². The molecule has 0 N–H and O–H groups in total. The summed E-state index contributed by atoms with van der Waals surface area (Å²) in [6.07, 6.45) is 9.18. The molecule has 0 aromatic heterocycles. The molecule has 0 nitrogen and oxygen atoms in total. The molecule has 0 saturated heterocycles. The van der Waals surface area contributed by atoms with Gasteiger partial charge in [0.05, 0.1) is 0 Å². The molecule has 0 radical (unpaired) electrons. The summed E-state index contributed by atoms with van der Waals surface area (Å²) in [5.41, 5.74) is 3.45. The lowest BCUT2D eigenvalue weighted by Crippen LogP contribution is -2.11. The maximum atomic E-state index is 2.37. The number of hydrogen-bond acceptors (Lipinski definition) is 0. The summed E-state index contributed by atoms with van der Waals surface area (Å²) in [6.45, 7) is 11.6. The van der Waals surface area contributed by atoms with Gasteiger partial charge in [-0.05, 0) is 48.1 Å². The first-order valence-electron chi connectivity index (χ1n) is 8.55. The predicted octanol–water partition coefficient (Wildman–Crippen LogP) is 6.74. The SMILES string of the molecule is CCCCCCc1ccc(C(CC)CC(C)(C)C)cc1. The average molecular weight is 274 g/mol. The van der Waals surface area contributed by atoms with Gasteiger partial charge >= 0.3 is 0 Å². The van der Waals surface area contributed by atoms with E-state index in [1.54, 1.807) is 0 Å². The minimum atomic E-state index is 0.416. The van der Waals surface area contributed by atoms with Gasteiger partial charge in [-0.1, -0.05) is 78.1 Å². The van der Waals surface area contributed by atoms with E-state index in [9.17, 15) is 0 Å². The fourth-order valence-corrected chi connectivity index (χ4v) is 2.95. The highest BCUT2D eigenvalue weighted by atomic mass is 14.2. The molecule has 0 heterocycles. The molecule has 1 aromatic carbocycles. The molecule has 0 saturated carbocycles. The van der Waals surface area contributed by atoms with Crippen molar-refractivity contribution in [3.05, 3.63) is 35.4 Å². The summed E-state index contributed by atoms with van der Waals surface area (Å²) in [5.74, 6) is 0.712. The van der Waals surface area contributed by atoms with Crippen LogP contribution in [0.3, 0.4) is 0 Å². The van der Waals surface area contributed by atoms with Crippen molar-refractivity contribution in [2.24, 2.45) is 5.41 Å². The fraction of sp³-hybridized carbons (Fsp3) is 0.700. The van der Waals surface area contributed by atoms with E-state index in [0.717, 1.165) is 0 Å². The van der Waals surface area contributed by atoms with Gasteiger partial charge in [0, 0.05) is 0 Å². The third kappa shape index (κ3) is 6.59. The second-order valence-corrected chi connectivity index (χ2v) is 7.42. The average Bonchev–Trinajstić information content (AvgIpc) is 2.41. The standard InChI is InChI=1S/C20H34/c1-6-8-9-10-11-17-12-14-19(15-13-17)18(7-2)16-20(3,4)5/h12-15,18H,6-11,16H2,1-5H3. The summed E-state index contributed by atoms with van der Waals surface area (Å²) >= 11 is 0. The van der Waals surface area contributed by atoms with Crippen LogP contribution < -0.4 is 0 Å². The Morgan fingerprint density at radius 1 is 0.900 bits per heavy atom. The Bertz CT molecular complexity index is 353. The summed E-state index contributed by atoms with van der Waals surface area (Å²) in [4.78, 5) is 0. The van der Waals surface area contributed by atoms with Gasteiger partial charge in [-0.15, -0.1) is 0 Å². The second kappa shape index (κ2) is 8.49. The number of aryl methyl sites for hydroxylation is 1. The summed E-state index contributed by atoms with van der Waals surface area (Å²) < 4.78 is 0. The zero-order chi connectivity index (χ0) is 15.0. The first kappa shape index (κ1) is 17.3. The Kier molecular flexibility index (Phi) is 7.34. The molecule has 0 amide bonds. The molecule has 0 spiro atoms. The van der Waals surface area contributed by atoms with Crippen LogP contribution in [0, 0.1) is 5.41 Å². The van der Waals surface area contributed by atoms with E-state index in [1.165, 1.54) is 56.1 Å². The van der Waals surface area contributed by atoms with Crippen LogP contribution >= 0.6 is 0 Å². The van der Waals surface area contributed by atoms with Crippen molar-refractivity contribution < 1.29 is 0 Å². The van der Waals surface area contributed by atoms with Crippen LogP contribution in [-0.2, 0) is 6.42 Å². The zero-order valence-electron chi connectivity index (χ0n) is 14.3. The fourth-order valence-electron chi connectivity index (χ4n) is 2.95. The minimum Gasteiger partial charge on any atom is -0.0654 e. The molecule has 0 aliphatic heterocycles. The van der Waals surface area contributed by atoms with Crippen molar-refractivity contribution in [2.45, 2.75) is 85.5 Å². The van der Waals surface area contributed by atoms with E-state index < -0.39 is 0 Å². The first-order chi connectivity index (χ1) is 9.46. The molecule has 20 heavy (non-hydrogen) atoms. The molecule has 0 fully saturated rings. The molecule has 0 aliphatic rings. The lowest BCUT2D eigenvalue weighted by molar-refractivity contribution is 0.335. The summed E-state index contributed by atoms with van der Waals surface area (Å²) in [5, 5.41) is 0. The van der Waals surface area contributed by atoms with Crippen LogP contribution in [0.5, 0.6) is 0 Å². The third-order valence-corrected chi connectivity index (χ3v) is 4.12. The topological polar surface area (TPSA) is 0 Å². The third-order valence-electron chi connectivity index (χ3n) is 4.12. The van der Waals surface area contributed by atoms with Crippen molar-refractivity contribution >= 4 is 0 Å². The highest BCUT2D eigenvalue weighted by Crippen LogP contribution is 2.33. The maximum Gasteiger partial charge on any atom is -0.0160 e. The van der Waals surface area contributed by atoms with Crippen LogP contribution in [0.4, 0.5) is 0 Å². The predicted molar refractivity (Wildman–Crippen MR) is 91.4 cm³/mol. The summed E-state index contributed by atoms with van der Waals surface area (Å²) in [7, 11) is 0. The van der Waals surface area contributed by atoms with Crippen molar-refractivity contribution in [3.8, 4) is 0 Å². The highest BCUT2D eigenvalue weighted by molar-refractivity contribution is 5.25. The van der Waals surface area contributed by atoms with Gasteiger partial charge in [-0.25, -0.2) is 0 Å². The van der Waals surface area contributed by atoms with E-state index in [0.29, 0.717) is 11.3 Å². The van der Waals surface area contributed by atoms with Gasteiger partial charge in [-0.2, -0.15) is 0 Å². The molecule has 0 bridgehead atoms. The number of unbranched alkanes of at least 4 members (excludes halogenated alkanes) is 3. The zero-order valence-corrected chi connectivity index (χ0v) is 14.3. The van der Waals surface area contributed by atoms with E-state index >= 15 is 0 Å². The van der Waals surface area contributed by atoms with Gasteiger partial charge in [0.2, 0.25) is 0 Å². The summed E-state index contributed by atoms with van der Waals surface area (Å²) in [6, 6.07) is 9.45. The molecule has 1 rings (SSSR count). The first-order valence-corrected chi connectivity index (χ1v) is 8.55. The number of rotatable bonds is 8. The van der Waals surface area contributed by atoms with Gasteiger partial charge in [0.15, 0.2) is 0 Å². The van der Waals surface area contributed by atoms with Crippen LogP contribution in [0.1, 0.15) is 90.2 Å². The number of hydrogen-bond donors (Lipinski definition) is 0. The molecule has 0 aliphatic carbocycles. The lowest BCUT2D eigenvalue weighted by Gasteiger charge is -2.25. The molecule has 1 atom stereocenters. The molecular weight excluding hydrogens is 240 g/mol. The van der Waals surface area contributed by atoms with Crippen LogP contribution in [0.25, 0.3) is 0 Å². The van der Waals surface area contributed by atoms with Gasteiger partial charge in [0.25, 0.3) is 0 Å². The van der Waals surface area contributed by atoms with Crippen molar-refractivity contribution in [1.29, 1.82) is 0 Å². The molecular formula is C20H34. The van der Waals surface area contributed by atoms with Crippen molar-refractivity contribution in [2.75, 3.05) is 0 Å². The lowest BCUT2D eigenvalue weighted by atomic mass is 9.80. The van der Waals surface area contributed by atoms with Crippen LogP contribution in [0.2, 0.25) is 0 Å². The molecule has 114 valence electrons. The molecule has 0 heteroatoms. The Hall–Kier alpha value is -0.780. The second-order valence-electron chi connectivity index (χ2n) is 7.42. The normalized spacial score (nSPS) is 13.4. The van der Waals surface area contributed by atoms with Crippen LogP contribution in [0.15, 0.2) is 24.3 Å². The highest BCUT2D eigenvalue weighted by Gasteiger charge is 2.18. The van der Waals surface area contributed by atoms with E-state index in [4.69, 9.17) is 0 Å². The largest absolute Gasteiger partial charge is 0.0654 e. The van der Waals surface area contributed by atoms with Crippen molar-refractivity contribution in [1.82, 2.24) is 0 Å². The smallest absolute Gasteiger partial charge is 0.0160 e. The van der Waals surface area contributed by atoms with Gasteiger partial charge < -0.3 is 0 Å². The van der Waals surface area contributed by atoms with E-state index in [1.807, 2.05) is 0 Å². The maximum absolute atomic E-state index is 2.37. The Morgan fingerprint density at radius 2 is 1.55 bits per heavy atom. The Labute approximate surface area is 127 Å². The van der Waals surface area contributed by atoms with Gasteiger partial charge in [-0.3, -0.25) is 0 Å². The van der Waals surface area contributed by atoms with Crippen LogP contribution in [-0.4, -0.2) is 0 Å². The number of benzene rings is 1.